The monoisotopic (exact) mass is 1330 g/mol. The first kappa shape index (κ1) is 64.9. The molecule has 486 valence electrons. The van der Waals surface area contributed by atoms with Gasteiger partial charge in [-0.1, -0.05) is 228 Å². The quantitative estimate of drug-likeness (QED) is 0.0508. The number of benzene rings is 10. The molecule has 0 bridgehead atoms. The van der Waals surface area contributed by atoms with Crippen molar-refractivity contribution < 1.29 is 56.8 Å². The van der Waals surface area contributed by atoms with Crippen LogP contribution in [0, 0.1) is 0 Å². The highest BCUT2D eigenvalue weighted by atomic mass is 79.9. The molecule has 0 radical (unpaired) electrons. The van der Waals surface area contributed by atoms with Crippen molar-refractivity contribution in [2.24, 2.45) is 0 Å². The average molecular weight is 1340 g/mol. The molecule has 0 saturated carbocycles. The van der Waals surface area contributed by atoms with Crippen LogP contribution in [0.1, 0.15) is 150 Å². The second-order valence-electron chi connectivity index (χ2n) is 25.6. The van der Waals surface area contributed by atoms with Gasteiger partial charge in [0.2, 0.25) is 0 Å². The minimum Gasteiger partial charge on any atom is -0.485 e. The molecule has 13 heteroatoms. The van der Waals surface area contributed by atoms with Gasteiger partial charge in [-0.15, -0.1) is 0 Å². The highest BCUT2D eigenvalue weighted by Crippen LogP contribution is 2.52. The molecule has 0 unspecified atom stereocenters. The Balaban J connectivity index is 0.735. The minimum absolute atomic E-state index is 0.244. The van der Waals surface area contributed by atoms with E-state index in [2.05, 4.69) is 88.7 Å². The SMILES string of the molecule is CC1(C)O[C@H](c2ccc(CBr)cc2)[C@@H](c2ccc(OCc3ccc([C@H]4OC(C)(C)O[C@@H]4c4ccc(OCc5ccccc5)c(OCc5ccccc5)c4)cc3)c(OCc3ccc([C@H]4OC(C)(C)O[C@@H]4c4ccc(OCc5ccccc5)c(OCc5ccccc5)c4)cc3)c2)O1. The smallest absolute Gasteiger partial charge is 0.164 e. The molecule has 0 aromatic heterocycles. The van der Waals surface area contributed by atoms with Gasteiger partial charge in [0, 0.05) is 5.33 Å². The summed E-state index contributed by atoms with van der Waals surface area (Å²) in [7, 11) is 0. The maximum atomic E-state index is 6.84. The van der Waals surface area contributed by atoms with Gasteiger partial charge in [-0.05, 0) is 150 Å². The van der Waals surface area contributed by atoms with Crippen LogP contribution in [-0.2, 0) is 73.4 Å². The summed E-state index contributed by atoms with van der Waals surface area (Å²) in [5.41, 5.74) is 12.9. The Morgan fingerprint density at radius 1 is 0.242 bits per heavy atom. The molecule has 3 saturated heterocycles. The van der Waals surface area contributed by atoms with Crippen LogP contribution in [0.4, 0.5) is 0 Å². The summed E-state index contributed by atoms with van der Waals surface area (Å²) in [5.74, 6) is 1.08. The molecule has 3 fully saturated rings. The molecule has 6 atom stereocenters. The number of halogens is 1. The topological polar surface area (TPSA) is 111 Å². The third kappa shape index (κ3) is 16.3. The van der Waals surface area contributed by atoms with Crippen molar-refractivity contribution in [2.75, 3.05) is 0 Å². The Morgan fingerprint density at radius 3 is 0.684 bits per heavy atom. The molecule has 0 N–H and O–H groups in total. The Morgan fingerprint density at radius 2 is 0.442 bits per heavy atom. The molecule has 10 aromatic carbocycles. The van der Waals surface area contributed by atoms with Crippen LogP contribution in [0.15, 0.2) is 249 Å². The summed E-state index contributed by atoms with van der Waals surface area (Å²) in [6.45, 7) is 13.7. The van der Waals surface area contributed by atoms with Gasteiger partial charge in [0.15, 0.2) is 51.9 Å². The van der Waals surface area contributed by atoms with Crippen LogP contribution in [0.3, 0.4) is 0 Å². The third-order valence-corrected chi connectivity index (χ3v) is 17.6. The Hall–Kier alpha value is -8.76. The van der Waals surface area contributed by atoms with Crippen molar-refractivity contribution >= 4 is 15.9 Å². The number of ether oxygens (including phenoxy) is 12. The summed E-state index contributed by atoms with van der Waals surface area (Å²) in [6.07, 6.45) is -2.56. The number of hydrogen-bond donors (Lipinski definition) is 0. The summed E-state index contributed by atoms with van der Waals surface area (Å²) in [4.78, 5) is 0. The Kier molecular flexibility index (Phi) is 19.9. The maximum Gasteiger partial charge on any atom is 0.164 e. The molecule has 12 nitrogen and oxygen atoms in total. The molecular weight excluding hydrogens is 1260 g/mol. The van der Waals surface area contributed by atoms with E-state index in [0.29, 0.717) is 60.9 Å². The van der Waals surface area contributed by atoms with Crippen LogP contribution in [0.25, 0.3) is 0 Å². The van der Waals surface area contributed by atoms with Gasteiger partial charge in [0.25, 0.3) is 0 Å². The fourth-order valence-electron chi connectivity index (χ4n) is 12.2. The molecule has 3 aliphatic rings. The molecule has 3 heterocycles. The number of rotatable bonds is 25. The predicted octanol–water partition coefficient (Wildman–Crippen LogP) is 19.8. The lowest BCUT2D eigenvalue weighted by Crippen LogP contribution is -2.20. The van der Waals surface area contributed by atoms with Crippen LogP contribution >= 0.6 is 15.9 Å². The van der Waals surface area contributed by atoms with E-state index in [1.807, 2.05) is 217 Å². The fourth-order valence-corrected chi connectivity index (χ4v) is 12.6. The number of alkyl halides is 1. The minimum atomic E-state index is -0.871. The maximum absolute atomic E-state index is 6.84. The second-order valence-corrected chi connectivity index (χ2v) is 26.1. The predicted molar refractivity (Wildman–Crippen MR) is 368 cm³/mol. The van der Waals surface area contributed by atoms with Gasteiger partial charge in [-0.25, -0.2) is 0 Å². The van der Waals surface area contributed by atoms with E-state index in [1.165, 1.54) is 5.56 Å². The van der Waals surface area contributed by atoms with E-state index >= 15 is 0 Å². The van der Waals surface area contributed by atoms with Crippen molar-refractivity contribution in [1.82, 2.24) is 0 Å². The van der Waals surface area contributed by atoms with Crippen molar-refractivity contribution in [3.63, 3.8) is 0 Å². The standard InChI is InChI=1S/C82H79BrO12/c1-80(2)90-74(62-33-27-55(48-83)28-34-62)77(93-80)67-41-44-70(86-53-60-29-35-63(36-30-60)75-78(94-81(3,4)91-75)65-39-42-68(84-49-56-19-11-7-12-20-56)71(45-65)87-51-58-23-15-9-16-24-58)73(47-67)89-54-61-31-37-64(38-32-61)76-79(95-82(5,6)92-76)66-40-43-69(85-50-57-21-13-8-14-22-57)72(46-66)88-52-59-25-17-10-18-26-59/h7-47,74-79H,48-54H2,1-6H3/t74-,75-,76-,77-,78-,79-/m1/s1. The number of hydrogen-bond acceptors (Lipinski definition) is 12. The van der Waals surface area contributed by atoms with Crippen LogP contribution in [0.2, 0.25) is 0 Å². The molecule has 0 aliphatic carbocycles. The Bertz CT molecular complexity index is 4130. The molecule has 13 rings (SSSR count). The first-order valence-corrected chi connectivity index (χ1v) is 33.5. The highest BCUT2D eigenvalue weighted by molar-refractivity contribution is 9.08. The van der Waals surface area contributed by atoms with Crippen LogP contribution in [-0.4, -0.2) is 17.4 Å². The normalized spacial score (nSPS) is 20.0. The van der Waals surface area contributed by atoms with E-state index in [-0.39, 0.29) is 19.3 Å². The fraction of sp³-hybridized carbons (Fsp3) is 0.268. The molecule has 3 aliphatic heterocycles. The van der Waals surface area contributed by atoms with Crippen LogP contribution < -0.4 is 28.4 Å². The van der Waals surface area contributed by atoms with E-state index in [9.17, 15) is 0 Å². The zero-order chi connectivity index (χ0) is 65.4. The molecule has 10 aromatic rings. The van der Waals surface area contributed by atoms with Gasteiger partial charge in [0.1, 0.15) is 76.3 Å². The van der Waals surface area contributed by atoms with Crippen molar-refractivity contribution in [3.05, 3.63) is 321 Å². The van der Waals surface area contributed by atoms with Gasteiger partial charge in [-0.3, -0.25) is 0 Å². The lowest BCUT2D eigenvalue weighted by molar-refractivity contribution is -0.147. The van der Waals surface area contributed by atoms with Gasteiger partial charge in [-0.2, -0.15) is 0 Å². The molecule has 0 amide bonds. The molecular formula is C82H79BrO12. The van der Waals surface area contributed by atoms with Crippen molar-refractivity contribution in [2.45, 2.75) is 140 Å². The summed E-state index contributed by atoms with van der Waals surface area (Å²) >= 11 is 3.60. The Labute approximate surface area is 565 Å². The summed E-state index contributed by atoms with van der Waals surface area (Å²) < 4.78 is 79.5. The first-order chi connectivity index (χ1) is 46.1. The van der Waals surface area contributed by atoms with E-state index in [1.54, 1.807) is 0 Å². The molecule has 95 heavy (non-hydrogen) atoms. The lowest BCUT2D eigenvalue weighted by Gasteiger charge is -2.21. The van der Waals surface area contributed by atoms with E-state index in [4.69, 9.17) is 56.8 Å². The van der Waals surface area contributed by atoms with Crippen molar-refractivity contribution in [3.8, 4) is 34.5 Å². The third-order valence-electron chi connectivity index (χ3n) is 17.0. The van der Waals surface area contributed by atoms with E-state index < -0.39 is 47.9 Å². The zero-order valence-corrected chi connectivity index (χ0v) is 55.9. The lowest BCUT2D eigenvalue weighted by atomic mass is 9.97. The van der Waals surface area contributed by atoms with Gasteiger partial charge >= 0.3 is 0 Å². The zero-order valence-electron chi connectivity index (χ0n) is 54.4. The highest BCUT2D eigenvalue weighted by Gasteiger charge is 2.46. The molecule has 0 spiro atoms. The van der Waals surface area contributed by atoms with Gasteiger partial charge < -0.3 is 56.8 Å². The largest absolute Gasteiger partial charge is 0.485 e. The van der Waals surface area contributed by atoms with Crippen LogP contribution in [0.5, 0.6) is 34.5 Å². The second kappa shape index (κ2) is 29.1. The van der Waals surface area contributed by atoms with E-state index in [0.717, 1.165) is 72.1 Å². The average Bonchev–Trinajstić information content (AvgIpc) is 1.68. The van der Waals surface area contributed by atoms with Crippen molar-refractivity contribution in [1.29, 1.82) is 0 Å². The summed E-state index contributed by atoms with van der Waals surface area (Å²) in [6, 6.07) is 83.6. The van der Waals surface area contributed by atoms with Gasteiger partial charge in [0.05, 0.1) is 0 Å². The first-order valence-electron chi connectivity index (χ1n) is 32.4. The summed E-state index contributed by atoms with van der Waals surface area (Å²) in [5, 5.41) is 0.756.